The topological polar surface area (TPSA) is 108 Å². The van der Waals surface area contributed by atoms with Crippen molar-refractivity contribution in [3.63, 3.8) is 0 Å². The minimum Gasteiger partial charge on any atom is -0.456 e. The second kappa shape index (κ2) is 7.27. The summed E-state index contributed by atoms with van der Waals surface area (Å²) in [5, 5.41) is 18.8. The molecule has 2 aliphatic rings. The van der Waals surface area contributed by atoms with Crippen LogP contribution in [0.3, 0.4) is 0 Å². The Morgan fingerprint density at radius 3 is 2.96 bits per heavy atom. The molecule has 1 aromatic carbocycles. The number of nitrogens with one attached hydrogen (secondary N) is 3. The first-order chi connectivity index (χ1) is 12.7. The fourth-order valence-electron chi connectivity index (χ4n) is 3.44. The van der Waals surface area contributed by atoms with Gasteiger partial charge in [0.1, 0.15) is 5.56 Å². The van der Waals surface area contributed by atoms with E-state index in [1.54, 1.807) is 0 Å². The summed E-state index contributed by atoms with van der Waals surface area (Å²) in [6.45, 7) is 2.10. The maximum absolute atomic E-state index is 11.7. The maximum atomic E-state index is 11.7. The fraction of sp³-hybridized carbons (Fsp3) is 0.389. The lowest BCUT2D eigenvalue weighted by molar-refractivity contribution is 0.0877. The molecule has 136 valence electrons. The number of aliphatic hydroxyl groups is 1. The van der Waals surface area contributed by atoms with Crippen LogP contribution in [-0.2, 0) is 6.61 Å². The van der Waals surface area contributed by atoms with Crippen molar-refractivity contribution in [1.29, 1.82) is 0 Å². The number of fused-ring (bicyclic) bond motifs is 1. The van der Waals surface area contributed by atoms with Crippen LogP contribution in [0, 0.1) is 0 Å². The third kappa shape index (κ3) is 3.33. The molecule has 0 unspecified atom stereocenters. The Bertz CT molecular complexity index is 820. The summed E-state index contributed by atoms with van der Waals surface area (Å²) >= 11 is 0. The average molecular weight is 355 g/mol. The van der Waals surface area contributed by atoms with Crippen LogP contribution in [0.4, 0.5) is 11.6 Å². The molecular formula is C18H21N5O3. The fourth-order valence-corrected chi connectivity index (χ4v) is 3.44. The number of ether oxygens (including phenoxy) is 1. The van der Waals surface area contributed by atoms with Crippen LogP contribution in [0.5, 0.6) is 5.88 Å². The van der Waals surface area contributed by atoms with E-state index in [1.165, 1.54) is 11.8 Å². The normalized spacial score (nSPS) is 17.2. The highest BCUT2D eigenvalue weighted by Gasteiger charge is 2.21. The van der Waals surface area contributed by atoms with Crippen molar-refractivity contribution in [3.8, 4) is 5.88 Å². The van der Waals surface area contributed by atoms with Gasteiger partial charge >= 0.3 is 0 Å². The van der Waals surface area contributed by atoms with Crippen molar-refractivity contribution in [3.05, 3.63) is 41.1 Å². The summed E-state index contributed by atoms with van der Waals surface area (Å²) in [4.78, 5) is 20.1. The zero-order valence-electron chi connectivity index (χ0n) is 14.3. The second-order valence-corrected chi connectivity index (χ2v) is 6.43. The molecule has 2 aliphatic heterocycles. The largest absolute Gasteiger partial charge is 0.456 e. The van der Waals surface area contributed by atoms with E-state index in [9.17, 15) is 9.90 Å². The van der Waals surface area contributed by atoms with Crippen LogP contribution < -0.4 is 20.7 Å². The van der Waals surface area contributed by atoms with Gasteiger partial charge in [0.2, 0.25) is 11.8 Å². The number of anilines is 2. The number of rotatable bonds is 4. The van der Waals surface area contributed by atoms with Crippen molar-refractivity contribution in [2.45, 2.75) is 25.4 Å². The summed E-state index contributed by atoms with van der Waals surface area (Å²) in [6.07, 6.45) is 3.59. The zero-order chi connectivity index (χ0) is 17.9. The molecule has 0 bridgehead atoms. The third-order valence-corrected chi connectivity index (χ3v) is 4.79. The van der Waals surface area contributed by atoms with Gasteiger partial charge in [-0.3, -0.25) is 4.79 Å². The van der Waals surface area contributed by atoms with E-state index in [0.717, 1.165) is 37.2 Å². The molecule has 1 aromatic heterocycles. The minimum atomic E-state index is -0.244. The van der Waals surface area contributed by atoms with E-state index in [4.69, 9.17) is 4.74 Å². The average Bonchev–Trinajstić information content (AvgIpc) is 2.69. The van der Waals surface area contributed by atoms with Crippen molar-refractivity contribution < 1.29 is 14.6 Å². The van der Waals surface area contributed by atoms with Crippen LogP contribution in [0.2, 0.25) is 0 Å². The lowest BCUT2D eigenvalue weighted by Crippen LogP contribution is -2.33. The molecule has 0 radical (unpaired) electrons. The Morgan fingerprint density at radius 1 is 1.31 bits per heavy atom. The van der Waals surface area contributed by atoms with Gasteiger partial charge in [-0.1, -0.05) is 6.07 Å². The molecule has 0 spiro atoms. The molecule has 4 rings (SSSR count). The van der Waals surface area contributed by atoms with Gasteiger partial charge in [0.05, 0.1) is 6.61 Å². The molecule has 3 heterocycles. The number of aromatic nitrogens is 2. The Morgan fingerprint density at radius 2 is 2.15 bits per heavy atom. The van der Waals surface area contributed by atoms with Gasteiger partial charge in [-0.15, -0.1) is 0 Å². The van der Waals surface area contributed by atoms with Gasteiger partial charge in [-0.05, 0) is 55.1 Å². The van der Waals surface area contributed by atoms with Crippen molar-refractivity contribution in [1.82, 2.24) is 20.6 Å². The van der Waals surface area contributed by atoms with Crippen LogP contribution in [-0.4, -0.2) is 40.8 Å². The first-order valence-corrected chi connectivity index (χ1v) is 8.74. The second-order valence-electron chi connectivity index (χ2n) is 6.43. The molecule has 1 saturated heterocycles. The number of benzene rings is 1. The highest BCUT2D eigenvalue weighted by atomic mass is 16.5. The van der Waals surface area contributed by atoms with Gasteiger partial charge in [0.25, 0.3) is 5.91 Å². The number of aliphatic hydroxyl groups excluding tert-OH is 1. The number of nitrogens with zero attached hydrogens (tertiary/aromatic N) is 2. The van der Waals surface area contributed by atoms with Crippen LogP contribution >= 0.6 is 0 Å². The predicted octanol–water partition coefficient (Wildman–Crippen LogP) is 1.26. The van der Waals surface area contributed by atoms with Gasteiger partial charge in [0.15, 0.2) is 6.73 Å². The Balaban J connectivity index is 1.56. The quantitative estimate of drug-likeness (QED) is 0.654. The maximum Gasteiger partial charge on any atom is 0.260 e. The van der Waals surface area contributed by atoms with Crippen LogP contribution in [0.1, 0.15) is 40.2 Å². The molecule has 0 saturated carbocycles. The molecule has 0 atom stereocenters. The summed E-state index contributed by atoms with van der Waals surface area (Å²) in [7, 11) is 0. The van der Waals surface area contributed by atoms with E-state index in [2.05, 4.69) is 32.0 Å². The third-order valence-electron chi connectivity index (χ3n) is 4.79. The summed E-state index contributed by atoms with van der Waals surface area (Å²) < 4.78 is 5.35. The molecule has 8 nitrogen and oxygen atoms in total. The smallest absolute Gasteiger partial charge is 0.260 e. The first-order valence-electron chi connectivity index (χ1n) is 8.74. The van der Waals surface area contributed by atoms with Crippen molar-refractivity contribution >= 4 is 17.5 Å². The molecule has 1 amide bonds. The molecule has 1 fully saturated rings. The van der Waals surface area contributed by atoms with Gasteiger partial charge < -0.3 is 25.8 Å². The van der Waals surface area contributed by atoms with Crippen LogP contribution in [0.15, 0.2) is 24.4 Å². The monoisotopic (exact) mass is 355 g/mol. The Kier molecular flexibility index (Phi) is 4.68. The lowest BCUT2D eigenvalue weighted by Gasteiger charge is -2.25. The molecule has 4 N–H and O–H groups in total. The van der Waals surface area contributed by atoms with Crippen LogP contribution in [0.25, 0.3) is 0 Å². The number of amides is 1. The van der Waals surface area contributed by atoms with Gasteiger partial charge in [-0.25, -0.2) is 4.98 Å². The summed E-state index contributed by atoms with van der Waals surface area (Å²) in [5.74, 6) is 0.836. The summed E-state index contributed by atoms with van der Waals surface area (Å²) in [6, 6.07) is 5.95. The van der Waals surface area contributed by atoms with E-state index in [0.29, 0.717) is 17.4 Å². The predicted molar refractivity (Wildman–Crippen MR) is 95.5 cm³/mol. The minimum absolute atomic E-state index is 0.0108. The molecule has 8 heteroatoms. The number of carbonyl (C=O) groups excluding carboxylic acids is 1. The number of hydrogen-bond acceptors (Lipinski definition) is 7. The van der Waals surface area contributed by atoms with E-state index in [1.807, 2.05) is 12.1 Å². The molecular weight excluding hydrogens is 334 g/mol. The highest BCUT2D eigenvalue weighted by molar-refractivity contribution is 5.96. The number of piperidine rings is 1. The number of carbonyl (C=O) groups is 1. The molecule has 2 aromatic rings. The van der Waals surface area contributed by atoms with Crippen molar-refractivity contribution in [2.75, 3.05) is 25.1 Å². The highest BCUT2D eigenvalue weighted by Crippen LogP contribution is 2.31. The Labute approximate surface area is 151 Å². The SMILES string of the molecule is O=C1NCOc2nc(Nc3ccc(C4CCNCC4)c(CO)c3)ncc21. The van der Waals surface area contributed by atoms with E-state index in [-0.39, 0.29) is 25.1 Å². The Hall–Kier alpha value is -2.71. The molecule has 26 heavy (non-hydrogen) atoms. The standard InChI is InChI=1S/C18H21N5O3/c24-9-12-7-13(1-2-14(12)11-3-5-19-6-4-11)22-18-20-8-15-16(25)21-10-26-17(15)23-18/h1-2,7-8,11,19,24H,3-6,9-10H2,(H,21,25)(H,20,22,23). The van der Waals surface area contributed by atoms with Gasteiger partial charge in [0, 0.05) is 11.9 Å². The van der Waals surface area contributed by atoms with E-state index < -0.39 is 0 Å². The lowest BCUT2D eigenvalue weighted by atomic mass is 9.87. The number of hydrogen-bond donors (Lipinski definition) is 4. The first kappa shape index (κ1) is 16.7. The van der Waals surface area contributed by atoms with Gasteiger partial charge in [-0.2, -0.15) is 4.98 Å². The van der Waals surface area contributed by atoms with E-state index >= 15 is 0 Å². The zero-order valence-corrected chi connectivity index (χ0v) is 14.3. The van der Waals surface area contributed by atoms with Crippen molar-refractivity contribution in [2.24, 2.45) is 0 Å². The summed E-state index contributed by atoms with van der Waals surface area (Å²) in [5.41, 5.74) is 3.22. The molecule has 0 aliphatic carbocycles.